The highest BCUT2D eigenvalue weighted by Gasteiger charge is 2.63. The smallest absolute Gasteiger partial charge is 0.329 e. The number of esters is 1. The highest BCUT2D eigenvalue weighted by atomic mass is 79.9. The van der Waals surface area contributed by atoms with Crippen LogP contribution < -0.4 is 5.32 Å². The highest BCUT2D eigenvalue weighted by molar-refractivity contribution is 9.10. The minimum Gasteiger partial charge on any atom is -0.454 e. The molecule has 1 fully saturated rings. The van der Waals surface area contributed by atoms with Crippen LogP contribution in [0.5, 0.6) is 0 Å². The molecule has 7 nitrogen and oxygen atoms in total. The number of aryl methyl sites for hydroxylation is 2. The molecule has 0 saturated carbocycles. The van der Waals surface area contributed by atoms with E-state index in [1.54, 1.807) is 0 Å². The monoisotopic (exact) mass is 628 g/mol. The van der Waals surface area contributed by atoms with E-state index in [1.807, 2.05) is 57.2 Å². The number of unbranched alkanes of at least 4 members (excludes halogenated alkanes) is 1. The molecule has 3 aromatic rings. The molecule has 0 aromatic heterocycles. The Hall–Kier alpha value is -3.78. The van der Waals surface area contributed by atoms with Gasteiger partial charge in [-0.2, -0.15) is 0 Å². The number of ether oxygens (including phenoxy) is 1. The van der Waals surface area contributed by atoms with Gasteiger partial charge in [0.15, 0.2) is 6.61 Å². The van der Waals surface area contributed by atoms with Crippen molar-refractivity contribution in [2.24, 2.45) is 11.8 Å². The van der Waals surface area contributed by atoms with E-state index in [1.165, 1.54) is 4.90 Å². The SMILES string of the molecule is CCCC[C@@H](C(=O)OCC(=O)Nc1cc(C)c(Br)c(C)c1)N1C(=O)[C@@H]2C3c4ccccc4C(c4ccccc43)[C@@H]2C1=O. The molecule has 3 aliphatic carbocycles. The number of likely N-dealkylation sites (tertiary alicyclic amines) is 1. The van der Waals surface area contributed by atoms with E-state index in [0.29, 0.717) is 12.1 Å². The lowest BCUT2D eigenvalue weighted by molar-refractivity contribution is -0.160. The Balaban J connectivity index is 1.25. The lowest BCUT2D eigenvalue weighted by atomic mass is 9.55. The molecule has 2 bridgehead atoms. The van der Waals surface area contributed by atoms with Gasteiger partial charge in [-0.15, -0.1) is 0 Å². The summed E-state index contributed by atoms with van der Waals surface area (Å²) in [6.07, 6.45) is 1.69. The maximum absolute atomic E-state index is 14.2. The van der Waals surface area contributed by atoms with Crippen molar-refractivity contribution in [3.63, 3.8) is 0 Å². The first-order valence-corrected chi connectivity index (χ1v) is 15.3. The largest absolute Gasteiger partial charge is 0.454 e. The Bertz CT molecular complexity index is 1480. The number of hydrogen-bond acceptors (Lipinski definition) is 5. The molecule has 8 heteroatoms. The second-order valence-corrected chi connectivity index (χ2v) is 12.3. The summed E-state index contributed by atoms with van der Waals surface area (Å²) in [5.41, 5.74) is 6.84. The van der Waals surface area contributed by atoms with Gasteiger partial charge in [-0.25, -0.2) is 4.79 Å². The second kappa shape index (κ2) is 11.1. The zero-order valence-electron chi connectivity index (χ0n) is 23.9. The molecule has 3 aromatic carbocycles. The number of carbonyl (C=O) groups excluding carboxylic acids is 4. The van der Waals surface area contributed by atoms with Crippen molar-refractivity contribution >= 4 is 45.3 Å². The van der Waals surface area contributed by atoms with Crippen molar-refractivity contribution in [1.82, 2.24) is 4.90 Å². The zero-order valence-corrected chi connectivity index (χ0v) is 25.4. The average Bonchev–Trinajstić information content (AvgIpc) is 3.25. The van der Waals surface area contributed by atoms with Gasteiger partial charge in [-0.1, -0.05) is 84.2 Å². The van der Waals surface area contributed by atoms with Crippen molar-refractivity contribution in [2.45, 2.75) is 57.9 Å². The fourth-order valence-corrected chi connectivity index (χ4v) is 7.43. The minimum atomic E-state index is -1.08. The van der Waals surface area contributed by atoms with Gasteiger partial charge in [-0.3, -0.25) is 19.3 Å². The Labute approximate surface area is 253 Å². The first kappa shape index (κ1) is 28.3. The fourth-order valence-electron chi connectivity index (χ4n) is 7.21. The molecule has 4 aliphatic rings. The molecule has 3 atom stereocenters. The number of hydrogen-bond donors (Lipinski definition) is 1. The summed E-state index contributed by atoms with van der Waals surface area (Å²) in [6.45, 7) is 5.33. The van der Waals surface area contributed by atoms with Gasteiger partial charge in [-0.05, 0) is 65.8 Å². The number of nitrogens with one attached hydrogen (secondary N) is 1. The molecule has 42 heavy (non-hydrogen) atoms. The molecule has 3 amide bonds. The van der Waals surface area contributed by atoms with Crippen LogP contribution in [-0.4, -0.2) is 41.2 Å². The van der Waals surface area contributed by atoms with Gasteiger partial charge in [0.25, 0.3) is 5.91 Å². The second-order valence-electron chi connectivity index (χ2n) is 11.5. The van der Waals surface area contributed by atoms with Crippen LogP contribution in [0.2, 0.25) is 0 Å². The molecule has 0 unspecified atom stereocenters. The molecular weight excluding hydrogens is 596 g/mol. The molecule has 1 saturated heterocycles. The molecule has 1 heterocycles. The number of imide groups is 1. The van der Waals surface area contributed by atoms with E-state index in [2.05, 4.69) is 45.5 Å². The Morgan fingerprint density at radius 3 is 1.81 bits per heavy atom. The summed E-state index contributed by atoms with van der Waals surface area (Å²) in [4.78, 5) is 55.7. The van der Waals surface area contributed by atoms with Crippen LogP contribution in [0.15, 0.2) is 65.1 Å². The number of benzene rings is 3. The molecule has 1 N–H and O–H groups in total. The van der Waals surface area contributed by atoms with E-state index in [4.69, 9.17) is 4.74 Å². The van der Waals surface area contributed by atoms with Crippen LogP contribution in [-0.2, 0) is 23.9 Å². The third-order valence-corrected chi connectivity index (χ3v) is 10.2. The molecule has 216 valence electrons. The van der Waals surface area contributed by atoms with Gasteiger partial charge in [0.05, 0.1) is 11.8 Å². The third-order valence-electron chi connectivity index (χ3n) is 8.96. The van der Waals surface area contributed by atoms with Gasteiger partial charge >= 0.3 is 5.97 Å². The zero-order chi connectivity index (χ0) is 29.7. The summed E-state index contributed by atoms with van der Waals surface area (Å²) in [6, 6.07) is 18.7. The summed E-state index contributed by atoms with van der Waals surface area (Å²) >= 11 is 3.52. The summed E-state index contributed by atoms with van der Waals surface area (Å²) < 4.78 is 6.43. The van der Waals surface area contributed by atoms with Crippen LogP contribution >= 0.6 is 15.9 Å². The van der Waals surface area contributed by atoms with Gasteiger partial charge in [0, 0.05) is 22.0 Å². The van der Waals surface area contributed by atoms with Crippen molar-refractivity contribution in [2.75, 3.05) is 11.9 Å². The third kappa shape index (κ3) is 4.56. The molecule has 0 spiro atoms. The first-order chi connectivity index (χ1) is 20.2. The maximum Gasteiger partial charge on any atom is 0.329 e. The lowest BCUT2D eigenvalue weighted by Crippen LogP contribution is -2.47. The van der Waals surface area contributed by atoms with Crippen LogP contribution in [0.1, 0.15) is 71.4 Å². The van der Waals surface area contributed by atoms with Crippen LogP contribution in [0.3, 0.4) is 0 Å². The molecule has 0 radical (unpaired) electrons. The summed E-state index contributed by atoms with van der Waals surface area (Å²) in [5.74, 6) is -3.52. The predicted molar refractivity (Wildman–Crippen MR) is 162 cm³/mol. The maximum atomic E-state index is 14.2. The van der Waals surface area contributed by atoms with Gasteiger partial charge in [0.1, 0.15) is 6.04 Å². The number of amides is 3. The van der Waals surface area contributed by atoms with E-state index >= 15 is 0 Å². The van der Waals surface area contributed by atoms with E-state index < -0.39 is 36.4 Å². The van der Waals surface area contributed by atoms with Gasteiger partial charge in [0.2, 0.25) is 11.8 Å². The van der Waals surface area contributed by atoms with E-state index in [9.17, 15) is 19.2 Å². The number of rotatable bonds is 8. The van der Waals surface area contributed by atoms with Crippen LogP contribution in [0.4, 0.5) is 5.69 Å². The van der Waals surface area contributed by atoms with Crippen molar-refractivity contribution in [3.05, 3.63) is 98.5 Å². The number of halogens is 1. The van der Waals surface area contributed by atoms with Crippen molar-refractivity contribution in [1.29, 1.82) is 0 Å². The van der Waals surface area contributed by atoms with Crippen LogP contribution in [0, 0.1) is 25.7 Å². The van der Waals surface area contributed by atoms with Gasteiger partial charge < -0.3 is 10.1 Å². The number of anilines is 1. The molecule has 7 rings (SSSR count). The fraction of sp³-hybridized carbons (Fsp3) is 0.353. The minimum absolute atomic E-state index is 0.250. The lowest BCUT2D eigenvalue weighted by Gasteiger charge is -2.45. The normalized spacial score (nSPS) is 22.3. The highest BCUT2D eigenvalue weighted by Crippen LogP contribution is 2.61. The van der Waals surface area contributed by atoms with Crippen molar-refractivity contribution < 1.29 is 23.9 Å². The average molecular weight is 630 g/mol. The Kier molecular flexibility index (Phi) is 7.51. The summed E-state index contributed by atoms with van der Waals surface area (Å²) in [7, 11) is 0. The quantitative estimate of drug-likeness (QED) is 0.244. The predicted octanol–water partition coefficient (Wildman–Crippen LogP) is 6.00. The van der Waals surface area contributed by atoms with E-state index in [0.717, 1.165) is 44.3 Å². The van der Waals surface area contributed by atoms with E-state index in [-0.39, 0.29) is 30.1 Å². The number of nitrogens with zero attached hydrogens (tertiary/aromatic N) is 1. The Morgan fingerprint density at radius 1 is 0.881 bits per heavy atom. The topological polar surface area (TPSA) is 92.8 Å². The van der Waals surface area contributed by atoms with Crippen molar-refractivity contribution in [3.8, 4) is 0 Å². The summed E-state index contributed by atoms with van der Waals surface area (Å²) in [5, 5.41) is 2.77. The number of carbonyl (C=O) groups is 4. The first-order valence-electron chi connectivity index (χ1n) is 14.5. The standard InChI is InChI=1S/C34H33BrN2O5/c1-4-5-14-25(34(41)42-17-26(38)36-20-15-18(2)31(35)19(3)16-20)37-32(39)29-27-21-10-6-7-11-22(21)28(30(29)33(37)40)24-13-9-8-12-23(24)27/h6-13,15-16,25,27-30H,4-5,14,17H2,1-3H3,(H,36,38)/t25-,27?,28?,29-,30+/m0/s1. The Morgan fingerprint density at radius 2 is 1.36 bits per heavy atom. The van der Waals surface area contributed by atoms with Crippen LogP contribution in [0.25, 0.3) is 0 Å². The molecular formula is C34H33BrN2O5. The molecule has 1 aliphatic heterocycles.